The first kappa shape index (κ1) is 14.4. The first-order valence-electron chi connectivity index (χ1n) is 7.03. The quantitative estimate of drug-likeness (QED) is 0.888. The van der Waals surface area contributed by atoms with E-state index in [2.05, 4.69) is 12.1 Å². The Hall–Kier alpha value is -1.06. The van der Waals surface area contributed by atoms with Crippen molar-refractivity contribution in [2.24, 2.45) is 0 Å². The van der Waals surface area contributed by atoms with Gasteiger partial charge in [0.05, 0.1) is 18.8 Å². The minimum Gasteiger partial charge on any atom is -0.497 e. The van der Waals surface area contributed by atoms with Crippen molar-refractivity contribution in [3.8, 4) is 5.75 Å². The Kier molecular flexibility index (Phi) is 4.83. The van der Waals surface area contributed by atoms with Crippen molar-refractivity contribution in [1.82, 2.24) is 0 Å². The van der Waals surface area contributed by atoms with Gasteiger partial charge in [0.2, 0.25) is 0 Å². The monoisotopic (exact) mass is 264 g/mol. The Balaban J connectivity index is 1.89. The van der Waals surface area contributed by atoms with Crippen LogP contribution in [0.3, 0.4) is 0 Å². The van der Waals surface area contributed by atoms with E-state index in [1.165, 1.54) is 5.56 Å². The maximum atomic E-state index is 10.6. The predicted molar refractivity (Wildman–Crippen MR) is 75.5 cm³/mol. The maximum Gasteiger partial charge on any atom is 0.118 e. The van der Waals surface area contributed by atoms with Gasteiger partial charge in [0.15, 0.2) is 0 Å². The summed E-state index contributed by atoms with van der Waals surface area (Å²) in [4.78, 5) is 0. The fraction of sp³-hybridized carbons (Fsp3) is 0.625. The van der Waals surface area contributed by atoms with Crippen LogP contribution in [-0.2, 0) is 11.2 Å². The summed E-state index contributed by atoms with van der Waals surface area (Å²) in [7, 11) is 3.41. The molecule has 2 atom stereocenters. The van der Waals surface area contributed by atoms with Crippen LogP contribution in [0.4, 0.5) is 0 Å². The molecule has 1 fully saturated rings. The molecule has 0 bridgehead atoms. The van der Waals surface area contributed by atoms with Crippen molar-refractivity contribution >= 4 is 0 Å². The molecular formula is C16H24O3. The Morgan fingerprint density at radius 1 is 1.26 bits per heavy atom. The summed E-state index contributed by atoms with van der Waals surface area (Å²) >= 11 is 0. The van der Waals surface area contributed by atoms with E-state index >= 15 is 0 Å². The maximum absolute atomic E-state index is 10.6. The van der Waals surface area contributed by atoms with Crippen molar-refractivity contribution in [3.05, 3.63) is 29.8 Å². The van der Waals surface area contributed by atoms with Gasteiger partial charge in [-0.15, -0.1) is 0 Å². The molecule has 0 saturated heterocycles. The summed E-state index contributed by atoms with van der Waals surface area (Å²) in [6.07, 6.45) is 5.70. The molecule has 2 rings (SSSR count). The molecule has 106 valence electrons. The standard InChI is InChI=1S/C16H24O3/c1-18-14-7-5-13(6-8-14)9-11-16(17)10-3-4-15(12-16)19-2/h5-8,15,17H,3-4,9-12H2,1-2H3. The average Bonchev–Trinajstić information content (AvgIpc) is 2.46. The van der Waals surface area contributed by atoms with Crippen molar-refractivity contribution in [3.63, 3.8) is 0 Å². The van der Waals surface area contributed by atoms with E-state index in [1.807, 2.05) is 12.1 Å². The summed E-state index contributed by atoms with van der Waals surface area (Å²) in [6, 6.07) is 8.08. The van der Waals surface area contributed by atoms with E-state index in [0.717, 1.165) is 44.3 Å². The van der Waals surface area contributed by atoms with Crippen LogP contribution < -0.4 is 4.74 Å². The number of methoxy groups -OCH3 is 2. The smallest absolute Gasteiger partial charge is 0.118 e. The normalized spacial score (nSPS) is 27.2. The molecule has 1 aromatic rings. The van der Waals surface area contributed by atoms with Crippen LogP contribution in [0.15, 0.2) is 24.3 Å². The van der Waals surface area contributed by atoms with Crippen molar-refractivity contribution in [2.45, 2.75) is 50.2 Å². The molecule has 1 N–H and O–H groups in total. The molecular weight excluding hydrogens is 240 g/mol. The largest absolute Gasteiger partial charge is 0.497 e. The molecule has 19 heavy (non-hydrogen) atoms. The summed E-state index contributed by atoms with van der Waals surface area (Å²) in [5.74, 6) is 0.875. The van der Waals surface area contributed by atoms with E-state index in [9.17, 15) is 5.11 Å². The van der Waals surface area contributed by atoms with Crippen LogP contribution in [0, 0.1) is 0 Å². The summed E-state index contributed by atoms with van der Waals surface area (Å²) in [5, 5.41) is 10.6. The van der Waals surface area contributed by atoms with E-state index < -0.39 is 5.60 Å². The zero-order valence-electron chi connectivity index (χ0n) is 11.9. The third-order valence-electron chi connectivity index (χ3n) is 4.15. The lowest BCUT2D eigenvalue weighted by molar-refractivity contribution is -0.0630. The van der Waals surface area contributed by atoms with Crippen molar-refractivity contribution < 1.29 is 14.6 Å². The van der Waals surface area contributed by atoms with Crippen LogP contribution in [0.25, 0.3) is 0 Å². The van der Waals surface area contributed by atoms with Crippen LogP contribution >= 0.6 is 0 Å². The first-order valence-corrected chi connectivity index (χ1v) is 7.03. The zero-order chi connectivity index (χ0) is 13.7. The number of rotatable bonds is 5. The number of hydrogen-bond acceptors (Lipinski definition) is 3. The van der Waals surface area contributed by atoms with Gasteiger partial charge in [-0.25, -0.2) is 0 Å². The minimum absolute atomic E-state index is 0.217. The Bertz CT molecular complexity index is 387. The molecule has 0 amide bonds. The Labute approximate surface area is 115 Å². The predicted octanol–water partition coefficient (Wildman–Crippen LogP) is 2.95. The highest BCUT2D eigenvalue weighted by Crippen LogP contribution is 2.33. The minimum atomic E-state index is -0.557. The number of hydrogen-bond donors (Lipinski definition) is 1. The fourth-order valence-corrected chi connectivity index (χ4v) is 2.88. The van der Waals surface area contributed by atoms with Crippen molar-refractivity contribution in [2.75, 3.05) is 14.2 Å². The van der Waals surface area contributed by atoms with Gasteiger partial charge in [0.25, 0.3) is 0 Å². The second kappa shape index (κ2) is 6.40. The zero-order valence-corrected chi connectivity index (χ0v) is 11.9. The van der Waals surface area contributed by atoms with Crippen molar-refractivity contribution in [1.29, 1.82) is 0 Å². The molecule has 2 unspecified atom stereocenters. The lowest BCUT2D eigenvalue weighted by Crippen LogP contribution is -2.38. The summed E-state index contributed by atoms with van der Waals surface area (Å²) in [6.45, 7) is 0. The van der Waals surface area contributed by atoms with E-state index in [0.29, 0.717) is 0 Å². The molecule has 0 aliphatic heterocycles. The van der Waals surface area contributed by atoms with Crippen LogP contribution in [0.2, 0.25) is 0 Å². The number of aliphatic hydroxyl groups is 1. The Morgan fingerprint density at radius 2 is 2.00 bits per heavy atom. The SMILES string of the molecule is COc1ccc(CCC2(O)CCCC(OC)C2)cc1. The third kappa shape index (κ3) is 3.95. The van der Waals surface area contributed by atoms with Crippen LogP contribution in [0.5, 0.6) is 5.75 Å². The molecule has 1 saturated carbocycles. The lowest BCUT2D eigenvalue weighted by atomic mass is 9.79. The molecule has 0 spiro atoms. The van der Waals surface area contributed by atoms with E-state index in [4.69, 9.17) is 9.47 Å². The van der Waals surface area contributed by atoms with E-state index in [-0.39, 0.29) is 6.10 Å². The summed E-state index contributed by atoms with van der Waals surface area (Å²) in [5.41, 5.74) is 0.688. The van der Waals surface area contributed by atoms with Gasteiger partial charge in [-0.05, 0) is 49.8 Å². The van der Waals surface area contributed by atoms with Gasteiger partial charge in [0.1, 0.15) is 5.75 Å². The molecule has 0 radical (unpaired) electrons. The first-order chi connectivity index (χ1) is 9.15. The molecule has 1 aliphatic carbocycles. The number of benzene rings is 1. The lowest BCUT2D eigenvalue weighted by Gasteiger charge is -2.36. The van der Waals surface area contributed by atoms with Gasteiger partial charge < -0.3 is 14.6 Å². The second-order valence-electron chi connectivity index (χ2n) is 5.53. The average molecular weight is 264 g/mol. The number of aryl methyl sites for hydroxylation is 1. The van der Waals surface area contributed by atoms with Gasteiger partial charge in [-0.2, -0.15) is 0 Å². The van der Waals surface area contributed by atoms with Crippen LogP contribution in [-0.4, -0.2) is 31.0 Å². The molecule has 3 heteroatoms. The highest BCUT2D eigenvalue weighted by molar-refractivity contribution is 5.27. The third-order valence-corrected chi connectivity index (χ3v) is 4.15. The number of ether oxygens (including phenoxy) is 2. The molecule has 3 nitrogen and oxygen atoms in total. The fourth-order valence-electron chi connectivity index (χ4n) is 2.88. The van der Waals surface area contributed by atoms with Gasteiger partial charge in [-0.3, -0.25) is 0 Å². The van der Waals surface area contributed by atoms with Gasteiger partial charge in [0, 0.05) is 13.5 Å². The topological polar surface area (TPSA) is 38.7 Å². The van der Waals surface area contributed by atoms with E-state index in [1.54, 1.807) is 14.2 Å². The Morgan fingerprint density at radius 3 is 2.63 bits per heavy atom. The highest BCUT2D eigenvalue weighted by Gasteiger charge is 2.33. The van der Waals surface area contributed by atoms with Crippen LogP contribution in [0.1, 0.15) is 37.7 Å². The molecule has 1 aromatic carbocycles. The van der Waals surface area contributed by atoms with Gasteiger partial charge >= 0.3 is 0 Å². The van der Waals surface area contributed by atoms with Gasteiger partial charge in [-0.1, -0.05) is 12.1 Å². The molecule has 0 aromatic heterocycles. The highest BCUT2D eigenvalue weighted by atomic mass is 16.5. The molecule has 1 aliphatic rings. The summed E-state index contributed by atoms with van der Waals surface area (Å²) < 4.78 is 10.5. The second-order valence-corrected chi connectivity index (χ2v) is 5.53. The molecule has 0 heterocycles.